The summed E-state index contributed by atoms with van der Waals surface area (Å²) in [6.07, 6.45) is 2.30. The van der Waals surface area contributed by atoms with Crippen LogP contribution in [0.4, 0.5) is 0 Å². The third-order valence-electron chi connectivity index (χ3n) is 4.25. The first-order valence-electron chi connectivity index (χ1n) is 7.19. The lowest BCUT2D eigenvalue weighted by Crippen LogP contribution is -1.94. The van der Waals surface area contributed by atoms with Gasteiger partial charge in [0, 0.05) is 20.9 Å². The van der Waals surface area contributed by atoms with Crippen molar-refractivity contribution in [2.24, 2.45) is 0 Å². The van der Waals surface area contributed by atoms with Crippen LogP contribution in [0.1, 0.15) is 16.7 Å². The summed E-state index contributed by atoms with van der Waals surface area (Å²) in [5.74, 6) is 0. The minimum absolute atomic E-state index is 1.13. The molecule has 22 heavy (non-hydrogen) atoms. The van der Waals surface area contributed by atoms with Crippen molar-refractivity contribution >= 4 is 31.9 Å². The van der Waals surface area contributed by atoms with Gasteiger partial charge in [-0.05, 0) is 72.2 Å². The van der Waals surface area contributed by atoms with E-state index in [1.807, 2.05) is 0 Å². The fourth-order valence-electron chi connectivity index (χ4n) is 3.22. The predicted octanol–water partition coefficient (Wildman–Crippen LogP) is 6.77. The van der Waals surface area contributed by atoms with Crippen molar-refractivity contribution in [2.75, 3.05) is 0 Å². The number of hydrogen-bond acceptors (Lipinski definition) is 0. The van der Waals surface area contributed by atoms with Gasteiger partial charge in [0.1, 0.15) is 0 Å². The first kappa shape index (κ1) is 14.2. The van der Waals surface area contributed by atoms with E-state index in [1.165, 1.54) is 38.9 Å². The van der Waals surface area contributed by atoms with Crippen LogP contribution in [0.5, 0.6) is 0 Å². The molecular formula is C20H13Br2. The zero-order chi connectivity index (χ0) is 15.3. The lowest BCUT2D eigenvalue weighted by Gasteiger charge is -2.17. The lowest BCUT2D eigenvalue weighted by molar-refractivity contribution is 1.37. The molecule has 3 aromatic rings. The van der Waals surface area contributed by atoms with Crippen molar-refractivity contribution < 1.29 is 0 Å². The Morgan fingerprint density at radius 3 is 2.18 bits per heavy atom. The van der Waals surface area contributed by atoms with E-state index in [1.54, 1.807) is 0 Å². The highest BCUT2D eigenvalue weighted by molar-refractivity contribution is 9.13. The van der Waals surface area contributed by atoms with Gasteiger partial charge in [0.25, 0.3) is 0 Å². The van der Waals surface area contributed by atoms with Gasteiger partial charge in [-0.25, -0.2) is 0 Å². The van der Waals surface area contributed by atoms with E-state index in [0.717, 1.165) is 8.95 Å². The zero-order valence-electron chi connectivity index (χ0n) is 12.0. The minimum Gasteiger partial charge on any atom is -0.0622 e. The normalized spacial score (nSPS) is 12.1. The van der Waals surface area contributed by atoms with Crippen molar-refractivity contribution in [2.45, 2.75) is 6.92 Å². The first-order valence-corrected chi connectivity index (χ1v) is 8.78. The molecule has 4 rings (SSSR count). The monoisotopic (exact) mass is 411 g/mol. The average molecular weight is 413 g/mol. The third kappa shape index (κ3) is 2.01. The Balaban J connectivity index is 2.10. The highest BCUT2D eigenvalue weighted by Crippen LogP contribution is 2.51. The van der Waals surface area contributed by atoms with Gasteiger partial charge in [0.2, 0.25) is 0 Å². The lowest BCUT2D eigenvalue weighted by atomic mass is 9.91. The van der Waals surface area contributed by atoms with Crippen molar-refractivity contribution in [1.82, 2.24) is 0 Å². The molecule has 0 amide bonds. The molecule has 1 aliphatic carbocycles. The number of hydrogen-bond donors (Lipinski definition) is 0. The molecule has 3 aromatic carbocycles. The van der Waals surface area contributed by atoms with Crippen LogP contribution in [-0.4, -0.2) is 0 Å². The maximum absolute atomic E-state index is 3.79. The molecule has 0 nitrogen and oxygen atoms in total. The van der Waals surface area contributed by atoms with Gasteiger partial charge in [0.15, 0.2) is 0 Å². The Kier molecular flexibility index (Phi) is 3.47. The number of fused-ring (bicyclic) bond motifs is 3. The molecule has 1 aliphatic rings. The second kappa shape index (κ2) is 5.36. The highest BCUT2D eigenvalue weighted by atomic mass is 79.9. The SMILES string of the molecule is Cc1c(Br)c(Br)c2c(c1-c1ccccc1)[CH]c1ccccc1-2. The molecule has 0 fully saturated rings. The summed E-state index contributed by atoms with van der Waals surface area (Å²) in [4.78, 5) is 0. The van der Waals surface area contributed by atoms with E-state index in [2.05, 4.69) is 99.8 Å². The summed E-state index contributed by atoms with van der Waals surface area (Å²) in [7, 11) is 0. The van der Waals surface area contributed by atoms with Crippen LogP contribution in [0.3, 0.4) is 0 Å². The smallest absolute Gasteiger partial charge is 0.0402 e. The summed E-state index contributed by atoms with van der Waals surface area (Å²) in [6, 6.07) is 19.2. The van der Waals surface area contributed by atoms with Gasteiger partial charge in [-0.15, -0.1) is 0 Å². The maximum Gasteiger partial charge on any atom is 0.0402 e. The summed E-state index contributed by atoms with van der Waals surface area (Å²) < 4.78 is 2.27. The van der Waals surface area contributed by atoms with Crippen LogP contribution < -0.4 is 0 Å². The van der Waals surface area contributed by atoms with E-state index in [9.17, 15) is 0 Å². The van der Waals surface area contributed by atoms with Gasteiger partial charge in [-0.1, -0.05) is 54.6 Å². The van der Waals surface area contributed by atoms with Crippen LogP contribution >= 0.6 is 31.9 Å². The fraction of sp³-hybridized carbons (Fsp3) is 0.0500. The van der Waals surface area contributed by atoms with E-state index >= 15 is 0 Å². The van der Waals surface area contributed by atoms with Crippen molar-refractivity contribution in [3.63, 3.8) is 0 Å². The molecule has 0 aromatic heterocycles. The summed E-state index contributed by atoms with van der Waals surface area (Å²) in [5.41, 5.74) is 9.00. The van der Waals surface area contributed by atoms with Crippen LogP contribution in [0, 0.1) is 13.3 Å². The second-order valence-corrected chi connectivity index (χ2v) is 7.10. The summed E-state index contributed by atoms with van der Waals surface area (Å²) >= 11 is 7.56. The molecule has 1 radical (unpaired) electrons. The van der Waals surface area contributed by atoms with Crippen LogP contribution in [0.25, 0.3) is 22.3 Å². The quantitative estimate of drug-likeness (QED) is 0.323. The van der Waals surface area contributed by atoms with Crippen LogP contribution in [0.15, 0.2) is 63.5 Å². The minimum atomic E-state index is 1.13. The molecule has 0 unspecified atom stereocenters. The summed E-state index contributed by atoms with van der Waals surface area (Å²) in [5, 5.41) is 0. The molecule has 0 saturated carbocycles. The van der Waals surface area contributed by atoms with Crippen LogP contribution in [0.2, 0.25) is 0 Å². The molecule has 0 heterocycles. The van der Waals surface area contributed by atoms with Crippen molar-refractivity contribution in [3.8, 4) is 22.3 Å². The van der Waals surface area contributed by atoms with Gasteiger partial charge in [-0.3, -0.25) is 0 Å². The Bertz CT molecular complexity index is 880. The van der Waals surface area contributed by atoms with Gasteiger partial charge >= 0.3 is 0 Å². The molecule has 0 N–H and O–H groups in total. The van der Waals surface area contributed by atoms with E-state index in [0.29, 0.717) is 0 Å². The fourth-order valence-corrected chi connectivity index (χ4v) is 4.34. The number of benzene rings is 3. The Labute approximate surface area is 147 Å². The second-order valence-electron chi connectivity index (χ2n) is 5.51. The molecule has 0 atom stereocenters. The molecule has 0 aliphatic heterocycles. The Morgan fingerprint density at radius 1 is 0.727 bits per heavy atom. The molecule has 107 valence electrons. The molecule has 0 bridgehead atoms. The van der Waals surface area contributed by atoms with E-state index < -0.39 is 0 Å². The Hall–Kier alpha value is -1.38. The van der Waals surface area contributed by atoms with Crippen molar-refractivity contribution in [3.05, 3.63) is 86.7 Å². The molecule has 0 saturated heterocycles. The largest absolute Gasteiger partial charge is 0.0622 e. The molecule has 0 spiro atoms. The van der Waals surface area contributed by atoms with E-state index in [4.69, 9.17) is 0 Å². The van der Waals surface area contributed by atoms with Gasteiger partial charge in [-0.2, -0.15) is 0 Å². The highest BCUT2D eigenvalue weighted by Gasteiger charge is 2.27. The predicted molar refractivity (Wildman–Crippen MR) is 100.0 cm³/mol. The Morgan fingerprint density at radius 2 is 1.41 bits per heavy atom. The van der Waals surface area contributed by atoms with Gasteiger partial charge < -0.3 is 0 Å². The summed E-state index contributed by atoms with van der Waals surface area (Å²) in [6.45, 7) is 2.17. The number of halogens is 2. The van der Waals surface area contributed by atoms with Crippen molar-refractivity contribution in [1.29, 1.82) is 0 Å². The standard InChI is InChI=1S/C20H13Br2/c1-12-17(13-7-3-2-4-8-13)16-11-14-9-5-6-10-15(14)18(16)20(22)19(12)21/h2-11H,1H3. The third-order valence-corrected chi connectivity index (χ3v) is 6.56. The van der Waals surface area contributed by atoms with Gasteiger partial charge in [0.05, 0.1) is 0 Å². The molecular weight excluding hydrogens is 400 g/mol. The van der Waals surface area contributed by atoms with E-state index in [-0.39, 0.29) is 0 Å². The topological polar surface area (TPSA) is 0 Å². The zero-order valence-corrected chi connectivity index (χ0v) is 15.2. The number of rotatable bonds is 1. The van der Waals surface area contributed by atoms with Crippen LogP contribution in [-0.2, 0) is 0 Å². The maximum atomic E-state index is 3.79. The first-order chi connectivity index (χ1) is 10.7. The molecule has 2 heteroatoms. The average Bonchev–Trinajstić information content (AvgIpc) is 2.93.